The fraction of sp³-hybridized carbons (Fsp3) is 0.265. The molecule has 2 atom stereocenters. The maximum Gasteiger partial charge on any atom is 0.416 e. The molecular weight excluding hydrogens is 545 g/mol. The number of hydrogen-bond acceptors (Lipinski definition) is 4. The maximum atomic E-state index is 13.0. The van der Waals surface area contributed by atoms with E-state index in [1.165, 1.54) is 17.7 Å². The smallest absolute Gasteiger partial charge is 0.416 e. The summed E-state index contributed by atoms with van der Waals surface area (Å²) in [5, 5.41) is 0.0909. The molecular formula is C34H33F3O3S. The number of thioether (sulfide) groups is 1. The van der Waals surface area contributed by atoms with E-state index in [1.807, 2.05) is 68.4 Å². The Balaban J connectivity index is 1.55. The first-order valence-corrected chi connectivity index (χ1v) is 14.5. The average Bonchev–Trinajstić information content (AvgIpc) is 2.97. The van der Waals surface area contributed by atoms with Crippen molar-refractivity contribution in [1.82, 2.24) is 0 Å². The van der Waals surface area contributed by atoms with Gasteiger partial charge in [0.05, 0.1) is 12.2 Å². The summed E-state index contributed by atoms with van der Waals surface area (Å²) < 4.78 is 50.0. The van der Waals surface area contributed by atoms with Crippen molar-refractivity contribution in [2.75, 3.05) is 6.61 Å². The lowest BCUT2D eigenvalue weighted by molar-refractivity contribution is -0.151. The zero-order chi connectivity index (χ0) is 29.4. The molecule has 3 nitrogen and oxygen atoms in total. The normalized spacial score (nSPS) is 12.9. The van der Waals surface area contributed by atoms with E-state index in [1.54, 1.807) is 18.7 Å². The van der Waals surface area contributed by atoms with Crippen molar-refractivity contribution in [3.63, 3.8) is 0 Å². The van der Waals surface area contributed by atoms with Gasteiger partial charge in [-0.15, -0.1) is 11.8 Å². The molecule has 214 valence electrons. The van der Waals surface area contributed by atoms with Crippen LogP contribution in [0.3, 0.4) is 0 Å². The number of hydrogen-bond donors (Lipinski definition) is 0. The molecule has 7 heteroatoms. The molecule has 2 unspecified atom stereocenters. The molecule has 4 aromatic carbocycles. The maximum absolute atomic E-state index is 13.0. The molecule has 0 saturated heterocycles. The summed E-state index contributed by atoms with van der Waals surface area (Å²) in [7, 11) is 0. The Hall–Kier alpha value is -3.71. The van der Waals surface area contributed by atoms with Gasteiger partial charge in [0.15, 0.2) is 6.10 Å². The van der Waals surface area contributed by atoms with Crippen LogP contribution in [0.2, 0.25) is 0 Å². The number of aryl methyl sites for hydroxylation is 1. The van der Waals surface area contributed by atoms with Crippen LogP contribution in [0.5, 0.6) is 5.75 Å². The van der Waals surface area contributed by atoms with E-state index in [0.717, 1.165) is 45.7 Å². The molecule has 0 aromatic heterocycles. The third-order valence-electron chi connectivity index (χ3n) is 6.71. The highest BCUT2D eigenvalue weighted by Crippen LogP contribution is 2.40. The van der Waals surface area contributed by atoms with Crippen LogP contribution in [0.15, 0.2) is 102 Å². The quantitative estimate of drug-likeness (QED) is 0.131. The molecule has 0 saturated carbocycles. The van der Waals surface area contributed by atoms with Gasteiger partial charge in [-0.3, -0.25) is 0 Å². The molecule has 0 aliphatic carbocycles. The van der Waals surface area contributed by atoms with Crippen LogP contribution in [-0.4, -0.2) is 18.7 Å². The minimum Gasteiger partial charge on any atom is -0.478 e. The van der Waals surface area contributed by atoms with Gasteiger partial charge in [0, 0.05) is 10.1 Å². The first-order chi connectivity index (χ1) is 19.7. The van der Waals surface area contributed by atoms with Gasteiger partial charge in [-0.2, -0.15) is 13.2 Å². The number of esters is 1. The lowest BCUT2D eigenvalue weighted by atomic mass is 9.99. The number of ether oxygens (including phenoxy) is 2. The first kappa shape index (κ1) is 30.3. The Morgan fingerprint density at radius 1 is 0.854 bits per heavy atom. The summed E-state index contributed by atoms with van der Waals surface area (Å²) >= 11 is 1.73. The zero-order valence-corrected chi connectivity index (χ0v) is 24.1. The predicted molar refractivity (Wildman–Crippen MR) is 158 cm³/mol. The SMILES string of the molecule is CCOC(=O)C(CC)Oc1ccc(SC(Cc2ccccc2)c2ccc(-c3ccc(C(F)(F)F)cc3)cc2)cc1C. The van der Waals surface area contributed by atoms with Gasteiger partial charge in [0.2, 0.25) is 0 Å². The molecule has 4 aromatic rings. The average molecular weight is 579 g/mol. The molecule has 41 heavy (non-hydrogen) atoms. The van der Waals surface area contributed by atoms with E-state index < -0.39 is 17.8 Å². The van der Waals surface area contributed by atoms with Crippen LogP contribution in [0, 0.1) is 6.92 Å². The van der Waals surface area contributed by atoms with E-state index in [-0.39, 0.29) is 11.2 Å². The van der Waals surface area contributed by atoms with E-state index in [2.05, 4.69) is 18.2 Å². The van der Waals surface area contributed by atoms with Gasteiger partial charge >= 0.3 is 12.1 Å². The van der Waals surface area contributed by atoms with Gasteiger partial charge in [-0.1, -0.05) is 73.7 Å². The molecule has 0 aliphatic heterocycles. The Kier molecular flexibility index (Phi) is 10.2. The van der Waals surface area contributed by atoms with E-state index in [0.29, 0.717) is 18.8 Å². The van der Waals surface area contributed by atoms with Gasteiger partial charge in [-0.25, -0.2) is 4.79 Å². The molecule has 0 bridgehead atoms. The van der Waals surface area contributed by atoms with E-state index >= 15 is 0 Å². The molecule has 0 amide bonds. The summed E-state index contributed by atoms with van der Waals surface area (Å²) in [5.74, 6) is 0.283. The predicted octanol–water partition coefficient (Wildman–Crippen LogP) is 9.48. The van der Waals surface area contributed by atoms with Gasteiger partial charge in [0.1, 0.15) is 5.75 Å². The fourth-order valence-electron chi connectivity index (χ4n) is 4.48. The second-order valence-corrected chi connectivity index (χ2v) is 11.0. The molecule has 0 heterocycles. The Morgan fingerprint density at radius 2 is 1.49 bits per heavy atom. The Bertz CT molecular complexity index is 1420. The standard InChI is InChI=1S/C34H33F3O3S/c1-4-30(33(38)39-5-2)40-31-20-19-29(21-23(31)3)41-32(22-24-9-7-6-8-10-24)27-13-11-25(12-14-27)26-15-17-28(18-16-26)34(35,36)37/h6-21,30,32H,4-5,22H2,1-3H3. The summed E-state index contributed by atoms with van der Waals surface area (Å²) in [5.41, 5.74) is 4.17. The first-order valence-electron chi connectivity index (χ1n) is 13.6. The third-order valence-corrected chi connectivity index (χ3v) is 7.96. The summed E-state index contributed by atoms with van der Waals surface area (Å²) in [4.78, 5) is 13.3. The molecule has 0 radical (unpaired) electrons. The Morgan fingerprint density at radius 3 is 2.05 bits per heavy atom. The van der Waals surface area contributed by atoms with Crippen LogP contribution >= 0.6 is 11.8 Å². The lowest BCUT2D eigenvalue weighted by Gasteiger charge is -2.20. The van der Waals surface area contributed by atoms with Crippen molar-refractivity contribution in [2.24, 2.45) is 0 Å². The highest BCUT2D eigenvalue weighted by molar-refractivity contribution is 7.99. The van der Waals surface area contributed by atoms with Crippen LogP contribution < -0.4 is 4.74 Å². The number of carbonyl (C=O) groups excluding carboxylic acids is 1. The lowest BCUT2D eigenvalue weighted by Crippen LogP contribution is -2.28. The summed E-state index contributed by atoms with van der Waals surface area (Å²) in [6.07, 6.45) is -3.70. The van der Waals surface area contributed by atoms with E-state index in [9.17, 15) is 18.0 Å². The number of carbonyl (C=O) groups is 1. The summed E-state index contributed by atoms with van der Waals surface area (Å²) in [6, 6.07) is 29.4. The van der Waals surface area contributed by atoms with Crippen LogP contribution in [-0.2, 0) is 22.1 Å². The number of halogens is 3. The number of alkyl halides is 3. The number of rotatable bonds is 11. The number of benzene rings is 4. The molecule has 0 N–H and O–H groups in total. The van der Waals surface area contributed by atoms with E-state index in [4.69, 9.17) is 9.47 Å². The topological polar surface area (TPSA) is 35.5 Å². The van der Waals surface area contributed by atoms with Crippen molar-refractivity contribution in [3.05, 3.63) is 119 Å². The highest BCUT2D eigenvalue weighted by Gasteiger charge is 2.30. The highest BCUT2D eigenvalue weighted by atomic mass is 32.2. The monoisotopic (exact) mass is 578 g/mol. The van der Waals surface area contributed by atoms with Crippen LogP contribution in [0.25, 0.3) is 11.1 Å². The Labute approximate surface area is 243 Å². The van der Waals surface area contributed by atoms with Crippen molar-refractivity contribution in [3.8, 4) is 16.9 Å². The van der Waals surface area contributed by atoms with Crippen LogP contribution in [0.4, 0.5) is 13.2 Å². The van der Waals surface area contributed by atoms with Gasteiger partial charge in [0.25, 0.3) is 0 Å². The minimum absolute atomic E-state index is 0.0909. The van der Waals surface area contributed by atoms with Crippen molar-refractivity contribution in [2.45, 2.75) is 56.0 Å². The summed E-state index contributed by atoms with van der Waals surface area (Å²) in [6.45, 7) is 5.93. The molecule has 0 aliphatic rings. The minimum atomic E-state index is -4.36. The molecule has 0 fully saturated rings. The zero-order valence-electron chi connectivity index (χ0n) is 23.3. The van der Waals surface area contributed by atoms with Crippen molar-refractivity contribution >= 4 is 17.7 Å². The molecule has 4 rings (SSSR count). The van der Waals surface area contributed by atoms with Crippen molar-refractivity contribution in [1.29, 1.82) is 0 Å². The van der Waals surface area contributed by atoms with Crippen LogP contribution in [0.1, 0.15) is 47.8 Å². The largest absolute Gasteiger partial charge is 0.478 e. The molecule has 0 spiro atoms. The second kappa shape index (κ2) is 13.8. The van der Waals surface area contributed by atoms with Gasteiger partial charge in [-0.05, 0) is 84.8 Å². The van der Waals surface area contributed by atoms with Crippen molar-refractivity contribution < 1.29 is 27.4 Å². The third kappa shape index (κ3) is 8.17. The second-order valence-electron chi connectivity index (χ2n) is 9.69. The van der Waals surface area contributed by atoms with Gasteiger partial charge < -0.3 is 9.47 Å². The fourth-order valence-corrected chi connectivity index (χ4v) is 5.76.